The van der Waals surface area contributed by atoms with E-state index < -0.39 is 21.8 Å². The van der Waals surface area contributed by atoms with Crippen LogP contribution < -0.4 is 9.46 Å². The average molecular weight is 483 g/mol. The maximum absolute atomic E-state index is 13.0. The Morgan fingerprint density at radius 2 is 1.79 bits per heavy atom. The van der Waals surface area contributed by atoms with Gasteiger partial charge in [0.1, 0.15) is 11.6 Å². The van der Waals surface area contributed by atoms with Gasteiger partial charge in [0.15, 0.2) is 6.61 Å². The molecule has 0 spiro atoms. The highest BCUT2D eigenvalue weighted by atomic mass is 32.2. The molecule has 0 atom stereocenters. The molecule has 0 amide bonds. The smallest absolute Gasteiger partial charge is 0.338 e. The third-order valence-electron chi connectivity index (χ3n) is 4.62. The normalized spacial score (nSPS) is 11.1. The quantitative estimate of drug-likeness (QED) is 0.373. The first kappa shape index (κ1) is 22.9. The molecule has 174 valence electrons. The first-order valence-electron chi connectivity index (χ1n) is 9.87. The summed E-state index contributed by atoms with van der Waals surface area (Å²) >= 11 is 0. The zero-order chi connectivity index (χ0) is 24.1. The first-order valence-corrected chi connectivity index (χ1v) is 11.3. The molecule has 0 saturated heterocycles. The molecule has 9 nitrogen and oxygen atoms in total. The molecule has 0 saturated carbocycles. The molecule has 34 heavy (non-hydrogen) atoms. The van der Waals surface area contributed by atoms with E-state index in [0.29, 0.717) is 17.0 Å². The molecule has 1 aromatic heterocycles. The van der Waals surface area contributed by atoms with Crippen LogP contribution in [-0.2, 0) is 21.4 Å². The van der Waals surface area contributed by atoms with E-state index in [1.807, 2.05) is 0 Å². The number of esters is 1. The Hall–Kier alpha value is -4.25. The van der Waals surface area contributed by atoms with E-state index in [-0.39, 0.29) is 28.8 Å². The molecule has 0 aliphatic heterocycles. The van der Waals surface area contributed by atoms with Gasteiger partial charge in [0.2, 0.25) is 5.82 Å². The Labute approximate surface area is 194 Å². The average Bonchev–Trinajstić information content (AvgIpc) is 3.32. The second-order valence-electron chi connectivity index (χ2n) is 6.96. The van der Waals surface area contributed by atoms with Crippen LogP contribution in [0.15, 0.2) is 82.2 Å². The van der Waals surface area contributed by atoms with Gasteiger partial charge in [0, 0.05) is 11.3 Å². The lowest BCUT2D eigenvalue weighted by Crippen LogP contribution is -2.14. The number of carbonyl (C=O) groups is 1. The number of halogens is 1. The fourth-order valence-corrected chi connectivity index (χ4v) is 4.01. The first-order chi connectivity index (χ1) is 16.3. The summed E-state index contributed by atoms with van der Waals surface area (Å²) in [4.78, 5) is 16.4. The molecular formula is C23H18FN3O6S. The van der Waals surface area contributed by atoms with Crippen molar-refractivity contribution in [3.8, 4) is 17.1 Å². The summed E-state index contributed by atoms with van der Waals surface area (Å²) in [7, 11) is -2.45. The van der Waals surface area contributed by atoms with Crippen LogP contribution in [0.4, 0.5) is 10.1 Å². The van der Waals surface area contributed by atoms with Gasteiger partial charge in [-0.3, -0.25) is 4.72 Å². The van der Waals surface area contributed by atoms with E-state index in [1.165, 1.54) is 55.6 Å². The van der Waals surface area contributed by atoms with Crippen LogP contribution in [0.2, 0.25) is 0 Å². The van der Waals surface area contributed by atoms with Gasteiger partial charge in [-0.05, 0) is 66.7 Å². The molecule has 4 aromatic rings. The Kier molecular flexibility index (Phi) is 6.55. The van der Waals surface area contributed by atoms with E-state index in [9.17, 15) is 17.6 Å². The predicted molar refractivity (Wildman–Crippen MR) is 119 cm³/mol. The van der Waals surface area contributed by atoms with E-state index in [1.54, 1.807) is 24.3 Å². The van der Waals surface area contributed by atoms with Crippen LogP contribution in [0.5, 0.6) is 5.75 Å². The third kappa shape index (κ3) is 5.38. The Morgan fingerprint density at radius 3 is 2.50 bits per heavy atom. The summed E-state index contributed by atoms with van der Waals surface area (Å²) in [6.45, 7) is -0.325. The number of hydrogen-bond donors (Lipinski definition) is 1. The number of methoxy groups -OCH3 is 1. The minimum atomic E-state index is -3.95. The summed E-state index contributed by atoms with van der Waals surface area (Å²) in [5, 5.41) is 3.77. The number of hydrogen-bond acceptors (Lipinski definition) is 8. The van der Waals surface area contributed by atoms with Crippen molar-refractivity contribution in [2.24, 2.45) is 0 Å². The summed E-state index contributed by atoms with van der Waals surface area (Å²) in [6, 6.07) is 17.2. The highest BCUT2D eigenvalue weighted by molar-refractivity contribution is 7.92. The van der Waals surface area contributed by atoms with Crippen molar-refractivity contribution >= 4 is 21.7 Å². The molecule has 1 N–H and O–H groups in total. The minimum absolute atomic E-state index is 0.0240. The number of nitrogens with one attached hydrogen (secondary N) is 1. The topological polar surface area (TPSA) is 121 Å². The second-order valence-corrected chi connectivity index (χ2v) is 8.64. The van der Waals surface area contributed by atoms with Crippen molar-refractivity contribution in [1.82, 2.24) is 10.1 Å². The molecule has 0 fully saturated rings. The zero-order valence-electron chi connectivity index (χ0n) is 17.8. The molecule has 0 radical (unpaired) electrons. The van der Waals surface area contributed by atoms with Gasteiger partial charge < -0.3 is 14.0 Å². The van der Waals surface area contributed by atoms with Crippen LogP contribution in [-0.4, -0.2) is 31.6 Å². The molecule has 11 heteroatoms. The van der Waals surface area contributed by atoms with Crippen molar-refractivity contribution < 1.29 is 31.6 Å². The van der Waals surface area contributed by atoms with Crippen molar-refractivity contribution in [2.45, 2.75) is 11.5 Å². The molecular weight excluding hydrogens is 465 g/mol. The number of aromatic nitrogens is 2. The molecule has 0 aliphatic carbocycles. The summed E-state index contributed by atoms with van der Waals surface area (Å²) in [5.74, 6) is -0.354. The van der Waals surface area contributed by atoms with Crippen LogP contribution in [0.25, 0.3) is 11.4 Å². The Balaban J connectivity index is 1.42. The molecule has 3 aromatic carbocycles. The molecule has 0 bridgehead atoms. The molecule has 0 unspecified atom stereocenters. The van der Waals surface area contributed by atoms with Gasteiger partial charge in [0.25, 0.3) is 15.9 Å². The number of rotatable bonds is 8. The summed E-state index contributed by atoms with van der Waals surface area (Å²) in [5.41, 5.74) is 0.892. The highest BCUT2D eigenvalue weighted by Gasteiger charge is 2.18. The highest BCUT2D eigenvalue weighted by Crippen LogP contribution is 2.21. The molecule has 1 heterocycles. The second kappa shape index (κ2) is 9.71. The Bertz CT molecular complexity index is 1400. The van der Waals surface area contributed by atoms with Crippen molar-refractivity contribution in [2.75, 3.05) is 11.8 Å². The van der Waals surface area contributed by atoms with Crippen LogP contribution >= 0.6 is 0 Å². The lowest BCUT2D eigenvalue weighted by molar-refractivity contribution is 0.0429. The number of nitrogens with zero attached hydrogens (tertiary/aromatic N) is 2. The van der Waals surface area contributed by atoms with Crippen LogP contribution in [0.1, 0.15) is 16.2 Å². The lowest BCUT2D eigenvalue weighted by Gasteiger charge is -2.10. The van der Waals surface area contributed by atoms with Crippen LogP contribution in [0.3, 0.4) is 0 Å². The van der Waals surface area contributed by atoms with Crippen LogP contribution in [0, 0.1) is 5.82 Å². The number of sulfonamides is 1. The van der Waals surface area contributed by atoms with E-state index >= 15 is 0 Å². The number of ether oxygens (including phenoxy) is 2. The zero-order valence-corrected chi connectivity index (χ0v) is 18.6. The standard InChI is InChI=1S/C23H18FN3O6S/c1-31-19-11-9-18(10-12-19)27-34(29,30)20-4-2-3-16(13-20)23(28)32-14-21-25-22(26-33-21)15-5-7-17(24)8-6-15/h2-13,27H,14H2,1H3. The number of anilines is 1. The van der Waals surface area contributed by atoms with E-state index in [0.717, 1.165) is 0 Å². The minimum Gasteiger partial charge on any atom is -0.497 e. The fraction of sp³-hybridized carbons (Fsp3) is 0.0870. The predicted octanol–water partition coefficient (Wildman–Crippen LogP) is 4.04. The monoisotopic (exact) mass is 483 g/mol. The summed E-state index contributed by atoms with van der Waals surface area (Å²) < 4.78 is 56.2. The maximum Gasteiger partial charge on any atom is 0.338 e. The molecule has 4 rings (SSSR count). The summed E-state index contributed by atoms with van der Waals surface area (Å²) in [6.07, 6.45) is 0. The van der Waals surface area contributed by atoms with Crippen molar-refractivity contribution in [3.05, 3.63) is 90.1 Å². The van der Waals surface area contributed by atoms with Crippen molar-refractivity contribution in [3.63, 3.8) is 0 Å². The van der Waals surface area contributed by atoms with E-state index in [4.69, 9.17) is 14.0 Å². The SMILES string of the molecule is COc1ccc(NS(=O)(=O)c2cccc(C(=O)OCc3nc(-c4ccc(F)cc4)no3)c2)cc1. The van der Waals surface area contributed by atoms with Gasteiger partial charge in [-0.1, -0.05) is 11.2 Å². The van der Waals surface area contributed by atoms with Gasteiger partial charge in [-0.2, -0.15) is 4.98 Å². The van der Waals surface area contributed by atoms with Crippen molar-refractivity contribution in [1.29, 1.82) is 0 Å². The van der Waals surface area contributed by atoms with E-state index in [2.05, 4.69) is 14.9 Å². The number of benzene rings is 3. The maximum atomic E-state index is 13.0. The third-order valence-corrected chi connectivity index (χ3v) is 6.00. The van der Waals surface area contributed by atoms with Gasteiger partial charge in [-0.15, -0.1) is 0 Å². The largest absolute Gasteiger partial charge is 0.497 e. The van der Waals surface area contributed by atoms with Gasteiger partial charge in [0.05, 0.1) is 17.6 Å². The number of carbonyl (C=O) groups excluding carboxylic acids is 1. The molecule has 0 aliphatic rings. The van der Waals surface area contributed by atoms with Gasteiger partial charge in [-0.25, -0.2) is 17.6 Å². The Morgan fingerprint density at radius 1 is 1.06 bits per heavy atom. The lowest BCUT2D eigenvalue weighted by atomic mass is 10.2. The van der Waals surface area contributed by atoms with Gasteiger partial charge >= 0.3 is 5.97 Å². The fourth-order valence-electron chi connectivity index (χ4n) is 2.90.